The van der Waals surface area contributed by atoms with E-state index in [1.807, 2.05) is 20.8 Å². The molecule has 0 aromatic rings. The first kappa shape index (κ1) is 9.12. The van der Waals surface area contributed by atoms with Crippen LogP contribution in [0.3, 0.4) is 0 Å². The van der Waals surface area contributed by atoms with Crippen molar-refractivity contribution in [3.63, 3.8) is 0 Å². The molecule has 56 valence electrons. The van der Waals surface area contributed by atoms with Crippen LogP contribution in [0.4, 0.5) is 0 Å². The number of nitrogens with zero attached hydrogens (tertiary/aromatic N) is 1. The van der Waals surface area contributed by atoms with Crippen LogP contribution in [0, 0.1) is 5.41 Å². The van der Waals surface area contributed by atoms with E-state index < -0.39 is 0 Å². The van der Waals surface area contributed by atoms with Crippen molar-refractivity contribution in [2.45, 2.75) is 27.7 Å². The summed E-state index contributed by atoms with van der Waals surface area (Å²) in [5.74, 6) is 2.37. The molecular weight excluding hydrogens is 126 g/mol. The van der Waals surface area contributed by atoms with Gasteiger partial charge in [-0.05, 0) is 18.9 Å². The second-order valence-corrected chi connectivity index (χ2v) is 3.08. The third-order valence-corrected chi connectivity index (χ3v) is 0.937. The number of carbonyl (C=O) groups excluding carboxylic acids is 1. The average molecular weight is 139 g/mol. The lowest BCUT2D eigenvalue weighted by molar-refractivity contribution is -0.124. The number of rotatable bonds is 0. The van der Waals surface area contributed by atoms with E-state index in [2.05, 4.69) is 10.9 Å². The van der Waals surface area contributed by atoms with Gasteiger partial charge in [-0.1, -0.05) is 20.8 Å². The minimum absolute atomic E-state index is 0.134. The van der Waals surface area contributed by atoms with Crippen molar-refractivity contribution < 1.29 is 4.79 Å². The van der Waals surface area contributed by atoms with Crippen molar-refractivity contribution in [3.05, 3.63) is 6.08 Å². The molecule has 0 aromatic heterocycles. The number of hydrogen-bond acceptors (Lipinski definition) is 1. The lowest BCUT2D eigenvalue weighted by Gasteiger charge is -2.10. The SMILES string of the molecule is CC=C=NC(=O)C(C)(C)C. The Morgan fingerprint density at radius 2 is 2.00 bits per heavy atom. The van der Waals surface area contributed by atoms with E-state index in [1.165, 1.54) is 0 Å². The van der Waals surface area contributed by atoms with Gasteiger partial charge in [-0.3, -0.25) is 4.79 Å². The van der Waals surface area contributed by atoms with Crippen LogP contribution in [0.15, 0.2) is 11.1 Å². The Kier molecular flexibility index (Phi) is 3.04. The number of hydrogen-bond donors (Lipinski definition) is 0. The Hall–Kier alpha value is -0.880. The van der Waals surface area contributed by atoms with Crippen LogP contribution in [0.2, 0.25) is 0 Å². The molecule has 0 N–H and O–H groups in total. The first-order valence-electron chi connectivity index (χ1n) is 3.27. The molecule has 0 rings (SSSR count). The molecule has 0 saturated heterocycles. The Morgan fingerprint density at radius 1 is 1.50 bits per heavy atom. The Morgan fingerprint density at radius 3 is 2.30 bits per heavy atom. The van der Waals surface area contributed by atoms with Crippen LogP contribution >= 0.6 is 0 Å². The van der Waals surface area contributed by atoms with Gasteiger partial charge in [-0.15, -0.1) is 0 Å². The highest BCUT2D eigenvalue weighted by atomic mass is 16.1. The second kappa shape index (κ2) is 3.33. The molecule has 0 atom stereocenters. The Bertz CT molecular complexity index is 180. The summed E-state index contributed by atoms with van der Waals surface area (Å²) < 4.78 is 0. The highest BCUT2D eigenvalue weighted by Gasteiger charge is 2.19. The van der Waals surface area contributed by atoms with Crippen molar-refractivity contribution in [3.8, 4) is 0 Å². The van der Waals surface area contributed by atoms with Crippen LogP contribution in [-0.4, -0.2) is 11.8 Å². The quantitative estimate of drug-likeness (QED) is 0.470. The van der Waals surface area contributed by atoms with E-state index >= 15 is 0 Å². The first-order valence-corrected chi connectivity index (χ1v) is 3.27. The topological polar surface area (TPSA) is 29.4 Å². The fourth-order valence-corrected chi connectivity index (χ4v) is 0.291. The van der Waals surface area contributed by atoms with Gasteiger partial charge in [0.05, 0.1) is 0 Å². The molecule has 0 spiro atoms. The summed E-state index contributed by atoms with van der Waals surface area (Å²) in [6.07, 6.45) is 1.61. The zero-order valence-corrected chi connectivity index (χ0v) is 6.93. The Labute approximate surface area is 61.7 Å². The number of aliphatic imine (C=N–C) groups is 1. The van der Waals surface area contributed by atoms with Crippen molar-refractivity contribution in [2.75, 3.05) is 0 Å². The summed E-state index contributed by atoms with van der Waals surface area (Å²) in [4.78, 5) is 14.5. The van der Waals surface area contributed by atoms with Gasteiger partial charge in [0.1, 0.15) is 0 Å². The highest BCUT2D eigenvalue weighted by Crippen LogP contribution is 2.14. The first-order chi connectivity index (χ1) is 4.48. The fourth-order valence-electron chi connectivity index (χ4n) is 0.291. The smallest absolute Gasteiger partial charge is 0.259 e. The van der Waals surface area contributed by atoms with Gasteiger partial charge in [0.25, 0.3) is 5.91 Å². The molecule has 2 heteroatoms. The largest absolute Gasteiger partial charge is 0.271 e. The number of allylic oxidation sites excluding steroid dienone is 1. The summed E-state index contributed by atoms with van der Waals surface area (Å²) in [5.41, 5.74) is -0.379. The van der Waals surface area contributed by atoms with Crippen molar-refractivity contribution in [1.29, 1.82) is 0 Å². The molecule has 1 amide bonds. The fraction of sp³-hybridized carbons (Fsp3) is 0.625. The number of amides is 1. The van der Waals surface area contributed by atoms with E-state index in [1.54, 1.807) is 13.0 Å². The lowest BCUT2D eigenvalue weighted by Crippen LogP contribution is -2.17. The van der Waals surface area contributed by atoms with E-state index in [0.29, 0.717) is 0 Å². The minimum Gasteiger partial charge on any atom is -0.271 e. The molecule has 0 unspecified atom stereocenters. The van der Waals surface area contributed by atoms with Crippen LogP contribution in [-0.2, 0) is 4.79 Å². The van der Waals surface area contributed by atoms with E-state index in [-0.39, 0.29) is 11.3 Å². The summed E-state index contributed by atoms with van der Waals surface area (Å²) in [6, 6.07) is 0. The minimum atomic E-state index is -0.379. The molecule has 0 aliphatic rings. The molecule has 0 saturated carbocycles. The molecule has 10 heavy (non-hydrogen) atoms. The van der Waals surface area contributed by atoms with Crippen LogP contribution in [0.5, 0.6) is 0 Å². The van der Waals surface area contributed by atoms with Gasteiger partial charge >= 0.3 is 0 Å². The number of carbonyl (C=O) groups is 1. The average Bonchev–Trinajstić information content (AvgIpc) is 1.80. The van der Waals surface area contributed by atoms with Gasteiger partial charge in [0.2, 0.25) is 0 Å². The predicted octanol–water partition coefficient (Wildman–Crippen LogP) is 1.80. The summed E-state index contributed by atoms with van der Waals surface area (Å²) in [6.45, 7) is 7.27. The van der Waals surface area contributed by atoms with Crippen LogP contribution in [0.25, 0.3) is 0 Å². The van der Waals surface area contributed by atoms with Crippen molar-refractivity contribution >= 4 is 11.8 Å². The molecule has 0 radical (unpaired) electrons. The van der Waals surface area contributed by atoms with Gasteiger partial charge < -0.3 is 0 Å². The summed E-state index contributed by atoms with van der Waals surface area (Å²) >= 11 is 0. The van der Waals surface area contributed by atoms with Gasteiger partial charge in [0.15, 0.2) is 0 Å². The Balaban J connectivity index is 4.26. The van der Waals surface area contributed by atoms with Crippen LogP contribution in [0.1, 0.15) is 27.7 Å². The molecule has 0 fully saturated rings. The molecule has 0 aliphatic heterocycles. The molecule has 0 aromatic carbocycles. The zero-order chi connectivity index (χ0) is 8.20. The zero-order valence-electron chi connectivity index (χ0n) is 6.93. The third-order valence-electron chi connectivity index (χ3n) is 0.937. The maximum Gasteiger partial charge on any atom is 0.259 e. The lowest BCUT2D eigenvalue weighted by atomic mass is 9.96. The van der Waals surface area contributed by atoms with Gasteiger partial charge in [-0.25, -0.2) is 0 Å². The van der Waals surface area contributed by atoms with Crippen molar-refractivity contribution in [1.82, 2.24) is 0 Å². The van der Waals surface area contributed by atoms with Gasteiger partial charge in [0, 0.05) is 5.41 Å². The second-order valence-electron chi connectivity index (χ2n) is 3.08. The van der Waals surface area contributed by atoms with Gasteiger partial charge in [-0.2, -0.15) is 4.99 Å². The van der Waals surface area contributed by atoms with E-state index in [9.17, 15) is 4.79 Å². The molecule has 0 bridgehead atoms. The van der Waals surface area contributed by atoms with Crippen LogP contribution < -0.4 is 0 Å². The normalized spacial score (nSPS) is 10.0. The summed E-state index contributed by atoms with van der Waals surface area (Å²) in [5, 5.41) is 0. The maximum absolute atomic E-state index is 11.0. The third kappa shape index (κ3) is 3.21. The molecular formula is C8H13NO. The maximum atomic E-state index is 11.0. The van der Waals surface area contributed by atoms with E-state index in [4.69, 9.17) is 0 Å². The summed E-state index contributed by atoms with van der Waals surface area (Å²) in [7, 11) is 0. The monoisotopic (exact) mass is 139 g/mol. The van der Waals surface area contributed by atoms with Crippen molar-refractivity contribution in [2.24, 2.45) is 10.4 Å². The molecule has 0 heterocycles. The van der Waals surface area contributed by atoms with E-state index in [0.717, 1.165) is 0 Å². The highest BCUT2D eigenvalue weighted by molar-refractivity contribution is 5.87. The molecule has 0 aliphatic carbocycles. The standard InChI is InChI=1S/C8H13NO/c1-5-6-9-7(10)8(2,3)4/h5H,1-4H3. The molecule has 2 nitrogen and oxygen atoms in total. The predicted molar refractivity (Wildman–Crippen MR) is 42.1 cm³/mol.